The van der Waals surface area contributed by atoms with Crippen molar-refractivity contribution in [2.75, 3.05) is 19.7 Å². The fourth-order valence-electron chi connectivity index (χ4n) is 2.65. The fourth-order valence-corrected chi connectivity index (χ4v) is 2.65. The number of hydrogen-bond donors (Lipinski definition) is 2. The van der Waals surface area contributed by atoms with Gasteiger partial charge < -0.3 is 20.1 Å². The average Bonchev–Trinajstić information content (AvgIpc) is 2.53. The molecule has 1 amide bonds. The lowest BCUT2D eigenvalue weighted by Crippen LogP contribution is -2.36. The first-order valence-electron chi connectivity index (χ1n) is 8.43. The Kier molecular flexibility index (Phi) is 6.86. The van der Waals surface area contributed by atoms with Crippen LogP contribution < -0.4 is 15.4 Å². The first-order valence-corrected chi connectivity index (χ1v) is 8.43. The molecule has 1 aliphatic heterocycles. The number of carbonyl (C=O) groups excluding carboxylic acids is 1. The molecule has 0 radical (unpaired) electrons. The molecule has 1 aromatic carbocycles. The number of benzene rings is 1. The Balaban J connectivity index is 1.80. The molecule has 0 spiro atoms. The summed E-state index contributed by atoms with van der Waals surface area (Å²) in [5.41, 5.74) is 1.03. The average molecular weight is 320 g/mol. The van der Waals surface area contributed by atoms with E-state index in [1.54, 1.807) is 0 Å². The van der Waals surface area contributed by atoms with E-state index in [1.807, 2.05) is 45.0 Å². The van der Waals surface area contributed by atoms with E-state index in [0.717, 1.165) is 37.2 Å². The number of ether oxygens (including phenoxy) is 2. The van der Waals surface area contributed by atoms with E-state index in [2.05, 4.69) is 10.6 Å². The van der Waals surface area contributed by atoms with Crippen LogP contribution in [0.15, 0.2) is 24.3 Å². The van der Waals surface area contributed by atoms with Gasteiger partial charge in [-0.1, -0.05) is 12.1 Å². The molecule has 0 bridgehead atoms. The highest BCUT2D eigenvalue weighted by atomic mass is 16.5. The smallest absolute Gasteiger partial charge is 0.246 e. The highest BCUT2D eigenvalue weighted by molar-refractivity contribution is 5.77. The Morgan fingerprint density at radius 2 is 2.04 bits per heavy atom. The minimum Gasteiger partial charge on any atom is -0.491 e. The van der Waals surface area contributed by atoms with Crippen LogP contribution in [-0.2, 0) is 9.53 Å². The predicted molar refractivity (Wildman–Crippen MR) is 90.6 cm³/mol. The second kappa shape index (κ2) is 8.89. The van der Waals surface area contributed by atoms with Gasteiger partial charge in [0.05, 0.1) is 18.2 Å². The first-order chi connectivity index (χ1) is 11.0. The molecule has 1 saturated heterocycles. The zero-order valence-electron chi connectivity index (χ0n) is 14.3. The number of piperidine rings is 1. The van der Waals surface area contributed by atoms with Crippen molar-refractivity contribution in [2.24, 2.45) is 0 Å². The van der Waals surface area contributed by atoms with Gasteiger partial charge in [0.1, 0.15) is 12.4 Å². The number of amides is 1. The summed E-state index contributed by atoms with van der Waals surface area (Å²) in [5.74, 6) is 0.746. The summed E-state index contributed by atoms with van der Waals surface area (Å²) in [4.78, 5) is 12.0. The third-order valence-electron chi connectivity index (χ3n) is 3.84. The molecule has 0 saturated carbocycles. The lowest BCUT2D eigenvalue weighted by atomic mass is 10.1. The third-order valence-corrected chi connectivity index (χ3v) is 3.84. The molecule has 1 heterocycles. The molecule has 128 valence electrons. The van der Waals surface area contributed by atoms with E-state index in [0.29, 0.717) is 0 Å². The van der Waals surface area contributed by atoms with Gasteiger partial charge in [-0.2, -0.15) is 0 Å². The van der Waals surface area contributed by atoms with Gasteiger partial charge in [0.25, 0.3) is 0 Å². The Bertz CT molecular complexity index is 499. The van der Waals surface area contributed by atoms with Crippen molar-refractivity contribution in [3.05, 3.63) is 29.8 Å². The topological polar surface area (TPSA) is 59.6 Å². The van der Waals surface area contributed by atoms with Crippen molar-refractivity contribution in [2.45, 2.75) is 51.9 Å². The number of rotatable bonds is 7. The maximum Gasteiger partial charge on any atom is 0.246 e. The summed E-state index contributed by atoms with van der Waals surface area (Å²) < 4.78 is 11.4. The van der Waals surface area contributed by atoms with Gasteiger partial charge in [-0.05, 0) is 64.4 Å². The summed E-state index contributed by atoms with van der Waals surface area (Å²) in [7, 11) is 0. The number of carbonyl (C=O) groups is 1. The van der Waals surface area contributed by atoms with Crippen molar-refractivity contribution in [3.63, 3.8) is 0 Å². The molecule has 23 heavy (non-hydrogen) atoms. The molecule has 0 aromatic heterocycles. The molecule has 1 aromatic rings. The molecule has 1 atom stereocenters. The minimum absolute atomic E-state index is 0.0742. The molecular formula is C18H28N2O3. The molecule has 5 nitrogen and oxygen atoms in total. The molecule has 5 heteroatoms. The first kappa shape index (κ1) is 17.8. The van der Waals surface area contributed by atoms with Gasteiger partial charge in [0.15, 0.2) is 0 Å². The van der Waals surface area contributed by atoms with Gasteiger partial charge in [-0.25, -0.2) is 0 Å². The molecule has 1 fully saturated rings. The van der Waals surface area contributed by atoms with Crippen LogP contribution in [0.1, 0.15) is 45.2 Å². The van der Waals surface area contributed by atoms with E-state index in [9.17, 15) is 4.79 Å². The standard InChI is InChI=1S/C18H28N2O3/c1-13(2)23-17-6-4-5-15(11-17)14(3)20-18(21)12-22-16-7-9-19-10-8-16/h4-6,11,13-14,16,19H,7-10,12H2,1-3H3,(H,20,21). The predicted octanol–water partition coefficient (Wildman–Crippen LogP) is 2.42. The van der Waals surface area contributed by atoms with Crippen LogP contribution >= 0.6 is 0 Å². The van der Waals surface area contributed by atoms with E-state index < -0.39 is 0 Å². The van der Waals surface area contributed by atoms with Crippen molar-refractivity contribution in [1.82, 2.24) is 10.6 Å². The van der Waals surface area contributed by atoms with Gasteiger partial charge in [-0.3, -0.25) is 4.79 Å². The summed E-state index contributed by atoms with van der Waals surface area (Å²) in [6.45, 7) is 8.01. The quantitative estimate of drug-likeness (QED) is 0.810. The monoisotopic (exact) mass is 320 g/mol. The van der Waals surface area contributed by atoms with Gasteiger partial charge >= 0.3 is 0 Å². The lowest BCUT2D eigenvalue weighted by Gasteiger charge is -2.23. The summed E-state index contributed by atoms with van der Waals surface area (Å²) >= 11 is 0. The van der Waals surface area contributed by atoms with Crippen LogP contribution in [0.4, 0.5) is 0 Å². The van der Waals surface area contributed by atoms with Crippen LogP contribution in [0.3, 0.4) is 0 Å². The number of nitrogens with one attached hydrogen (secondary N) is 2. The Labute approximate surface area is 138 Å². The SMILES string of the molecule is CC(C)Oc1cccc(C(C)NC(=O)COC2CCNCC2)c1. The molecule has 0 aliphatic carbocycles. The van der Waals surface area contributed by atoms with Gasteiger partial charge in [0.2, 0.25) is 5.91 Å². The summed E-state index contributed by atoms with van der Waals surface area (Å²) in [6.07, 6.45) is 2.27. The molecule has 2 rings (SSSR count). The second-order valence-electron chi connectivity index (χ2n) is 6.29. The Morgan fingerprint density at radius 1 is 1.30 bits per heavy atom. The minimum atomic E-state index is -0.0776. The van der Waals surface area contributed by atoms with Crippen LogP contribution in [0.2, 0.25) is 0 Å². The van der Waals surface area contributed by atoms with Crippen molar-refractivity contribution < 1.29 is 14.3 Å². The van der Waals surface area contributed by atoms with Crippen LogP contribution in [-0.4, -0.2) is 37.8 Å². The van der Waals surface area contributed by atoms with Crippen LogP contribution in [0.25, 0.3) is 0 Å². The Morgan fingerprint density at radius 3 is 2.74 bits per heavy atom. The van der Waals surface area contributed by atoms with Crippen LogP contribution in [0.5, 0.6) is 5.75 Å². The fraction of sp³-hybridized carbons (Fsp3) is 0.611. The van der Waals surface area contributed by atoms with Gasteiger partial charge in [-0.15, -0.1) is 0 Å². The molecule has 2 N–H and O–H groups in total. The van der Waals surface area contributed by atoms with Crippen molar-refractivity contribution in [1.29, 1.82) is 0 Å². The summed E-state index contributed by atoms with van der Waals surface area (Å²) in [6, 6.07) is 7.76. The van der Waals surface area contributed by atoms with E-state index in [4.69, 9.17) is 9.47 Å². The largest absolute Gasteiger partial charge is 0.491 e. The second-order valence-corrected chi connectivity index (χ2v) is 6.29. The maximum atomic E-state index is 12.0. The Hall–Kier alpha value is -1.59. The zero-order chi connectivity index (χ0) is 16.7. The number of hydrogen-bond acceptors (Lipinski definition) is 4. The summed E-state index contributed by atoms with van der Waals surface area (Å²) in [5, 5.41) is 6.26. The van der Waals surface area contributed by atoms with Crippen molar-refractivity contribution in [3.8, 4) is 5.75 Å². The molecule has 1 unspecified atom stereocenters. The van der Waals surface area contributed by atoms with Crippen molar-refractivity contribution >= 4 is 5.91 Å². The lowest BCUT2D eigenvalue weighted by molar-refractivity contribution is -0.128. The highest BCUT2D eigenvalue weighted by Gasteiger charge is 2.16. The van der Waals surface area contributed by atoms with E-state index >= 15 is 0 Å². The highest BCUT2D eigenvalue weighted by Crippen LogP contribution is 2.20. The zero-order valence-corrected chi connectivity index (χ0v) is 14.3. The van der Waals surface area contributed by atoms with E-state index in [-0.39, 0.29) is 30.8 Å². The van der Waals surface area contributed by atoms with E-state index in [1.165, 1.54) is 0 Å². The third kappa shape index (κ3) is 6.20. The normalized spacial score (nSPS) is 17.0. The van der Waals surface area contributed by atoms with Crippen LogP contribution in [0, 0.1) is 0 Å². The maximum absolute atomic E-state index is 12.0. The van der Waals surface area contributed by atoms with Gasteiger partial charge in [0, 0.05) is 0 Å². The molecule has 1 aliphatic rings. The molecular weight excluding hydrogens is 292 g/mol.